The van der Waals surface area contributed by atoms with Gasteiger partial charge in [-0.15, -0.1) is 11.3 Å². The molecule has 1 amide bonds. The number of hydrogen-bond acceptors (Lipinski definition) is 3. The molecule has 0 bridgehead atoms. The van der Waals surface area contributed by atoms with Crippen molar-refractivity contribution in [3.05, 3.63) is 21.9 Å². The molecule has 88 valence electrons. The number of carbonyl (C=O) groups is 1. The van der Waals surface area contributed by atoms with Crippen molar-refractivity contribution in [2.45, 2.75) is 20.3 Å². The lowest BCUT2D eigenvalue weighted by atomic mass is 10.3. The number of nitrogens with zero attached hydrogens (tertiary/aromatic N) is 1. The van der Waals surface area contributed by atoms with Crippen LogP contribution < -0.4 is 11.2 Å². The van der Waals surface area contributed by atoms with E-state index in [-0.39, 0.29) is 11.0 Å². The highest BCUT2D eigenvalue weighted by Crippen LogP contribution is 2.14. The Morgan fingerprint density at radius 1 is 1.62 bits per heavy atom. The number of thiophene rings is 1. The van der Waals surface area contributed by atoms with Gasteiger partial charge in [0.1, 0.15) is 0 Å². The highest BCUT2D eigenvalue weighted by molar-refractivity contribution is 7.80. The smallest absolute Gasteiger partial charge is 0.270 e. The predicted molar refractivity (Wildman–Crippen MR) is 70.3 cm³/mol. The molecule has 0 unspecified atom stereocenters. The fourth-order valence-corrected chi connectivity index (χ4v) is 2.15. The molecular formula is C10H15N3OS2. The first-order valence-corrected chi connectivity index (χ1v) is 6.32. The number of rotatable bonds is 3. The minimum Gasteiger partial charge on any atom is -0.375 e. The maximum absolute atomic E-state index is 11.8. The largest absolute Gasteiger partial charge is 0.375 e. The fourth-order valence-electron chi connectivity index (χ4n) is 1.16. The van der Waals surface area contributed by atoms with Crippen molar-refractivity contribution in [2.24, 2.45) is 5.73 Å². The monoisotopic (exact) mass is 257 g/mol. The number of nitrogens with two attached hydrogens (primary N) is 1. The van der Waals surface area contributed by atoms with E-state index < -0.39 is 0 Å². The summed E-state index contributed by atoms with van der Waals surface area (Å²) in [7, 11) is 0. The lowest BCUT2D eigenvalue weighted by molar-refractivity contribution is 0.0875. The number of amides is 1. The number of aryl methyl sites for hydroxylation is 1. The first-order chi connectivity index (χ1) is 7.58. The number of hydrazine groups is 1. The first kappa shape index (κ1) is 12.9. The molecule has 0 atom stereocenters. The van der Waals surface area contributed by atoms with Crippen molar-refractivity contribution in [1.29, 1.82) is 0 Å². The van der Waals surface area contributed by atoms with Crippen LogP contribution in [-0.2, 0) is 6.42 Å². The summed E-state index contributed by atoms with van der Waals surface area (Å²) in [4.78, 5) is 13.0. The van der Waals surface area contributed by atoms with E-state index in [0.29, 0.717) is 12.1 Å². The summed E-state index contributed by atoms with van der Waals surface area (Å²) in [5.74, 6) is -0.175. The van der Waals surface area contributed by atoms with Crippen molar-refractivity contribution in [1.82, 2.24) is 10.4 Å². The SMILES string of the molecule is CCc1cc(C(=O)NN(CC)C(N)=S)cs1. The average Bonchev–Trinajstić information content (AvgIpc) is 2.73. The molecule has 0 saturated heterocycles. The van der Waals surface area contributed by atoms with Crippen molar-refractivity contribution in [3.63, 3.8) is 0 Å². The van der Waals surface area contributed by atoms with E-state index in [2.05, 4.69) is 12.3 Å². The maximum atomic E-state index is 11.8. The zero-order chi connectivity index (χ0) is 12.1. The Morgan fingerprint density at radius 3 is 2.75 bits per heavy atom. The second kappa shape index (κ2) is 5.81. The lowest BCUT2D eigenvalue weighted by Gasteiger charge is -2.20. The summed E-state index contributed by atoms with van der Waals surface area (Å²) >= 11 is 6.38. The second-order valence-electron chi connectivity index (χ2n) is 3.18. The summed E-state index contributed by atoms with van der Waals surface area (Å²) in [5, 5.41) is 3.45. The number of hydrogen-bond donors (Lipinski definition) is 2. The van der Waals surface area contributed by atoms with Gasteiger partial charge in [-0.2, -0.15) is 0 Å². The van der Waals surface area contributed by atoms with Gasteiger partial charge in [0.05, 0.1) is 5.56 Å². The molecule has 6 heteroatoms. The molecule has 0 aromatic carbocycles. The Kier molecular flexibility index (Phi) is 4.70. The van der Waals surface area contributed by atoms with Gasteiger partial charge in [-0.25, -0.2) is 0 Å². The second-order valence-corrected chi connectivity index (χ2v) is 4.59. The van der Waals surface area contributed by atoms with Gasteiger partial charge in [0.15, 0.2) is 5.11 Å². The van der Waals surface area contributed by atoms with E-state index in [1.165, 1.54) is 9.89 Å². The zero-order valence-corrected chi connectivity index (χ0v) is 11.0. The molecule has 0 spiro atoms. The standard InChI is InChI=1S/C10H15N3OS2/c1-3-8-5-7(6-16-8)9(14)12-13(4-2)10(11)15/h5-6H,3-4H2,1-2H3,(H2,11,15)(H,12,14). The Bertz CT molecular complexity index is 389. The quantitative estimate of drug-likeness (QED) is 0.637. The Balaban J connectivity index is 2.67. The topological polar surface area (TPSA) is 58.4 Å². The van der Waals surface area contributed by atoms with Crippen LogP contribution >= 0.6 is 23.6 Å². The van der Waals surface area contributed by atoms with E-state index in [0.717, 1.165) is 6.42 Å². The molecule has 1 rings (SSSR count). The summed E-state index contributed by atoms with van der Waals surface area (Å²) < 4.78 is 0. The van der Waals surface area contributed by atoms with Crippen molar-refractivity contribution in [3.8, 4) is 0 Å². The van der Waals surface area contributed by atoms with Crippen LogP contribution in [0.3, 0.4) is 0 Å². The Morgan fingerprint density at radius 2 is 2.31 bits per heavy atom. The molecular weight excluding hydrogens is 242 g/mol. The molecule has 4 nitrogen and oxygen atoms in total. The summed E-state index contributed by atoms with van der Waals surface area (Å²) in [5.41, 5.74) is 8.75. The van der Waals surface area contributed by atoms with Crippen LogP contribution in [0.1, 0.15) is 29.1 Å². The van der Waals surface area contributed by atoms with Crippen LogP contribution in [0.4, 0.5) is 0 Å². The Labute approximate surface area is 104 Å². The molecule has 16 heavy (non-hydrogen) atoms. The molecule has 0 fully saturated rings. The van der Waals surface area contributed by atoms with Crippen LogP contribution in [0, 0.1) is 0 Å². The normalized spacial score (nSPS) is 9.88. The van der Waals surface area contributed by atoms with E-state index in [1.54, 1.807) is 11.3 Å². The molecule has 0 aliphatic carbocycles. The van der Waals surface area contributed by atoms with Gasteiger partial charge in [0.25, 0.3) is 5.91 Å². The molecule has 1 heterocycles. The van der Waals surface area contributed by atoms with Crippen LogP contribution in [0.25, 0.3) is 0 Å². The van der Waals surface area contributed by atoms with Gasteiger partial charge in [-0.1, -0.05) is 6.92 Å². The third-order valence-corrected chi connectivity index (χ3v) is 3.38. The minimum atomic E-state index is -0.175. The highest BCUT2D eigenvalue weighted by Gasteiger charge is 2.12. The van der Waals surface area contributed by atoms with Crippen LogP contribution in [0.2, 0.25) is 0 Å². The maximum Gasteiger partial charge on any atom is 0.270 e. The van der Waals surface area contributed by atoms with Gasteiger partial charge in [0.2, 0.25) is 0 Å². The third kappa shape index (κ3) is 3.18. The molecule has 1 aromatic rings. The van der Waals surface area contributed by atoms with Crippen molar-refractivity contribution >= 4 is 34.6 Å². The van der Waals surface area contributed by atoms with Crippen molar-refractivity contribution < 1.29 is 4.79 Å². The van der Waals surface area contributed by atoms with Crippen LogP contribution in [-0.4, -0.2) is 22.6 Å². The predicted octanol–water partition coefficient (Wildman–Crippen LogP) is 1.52. The van der Waals surface area contributed by atoms with Gasteiger partial charge >= 0.3 is 0 Å². The molecule has 0 radical (unpaired) electrons. The summed E-state index contributed by atoms with van der Waals surface area (Å²) in [6.07, 6.45) is 0.935. The number of carbonyl (C=O) groups excluding carboxylic acids is 1. The molecule has 0 aliphatic rings. The van der Waals surface area contributed by atoms with E-state index in [9.17, 15) is 4.79 Å². The summed E-state index contributed by atoms with van der Waals surface area (Å²) in [6, 6.07) is 1.88. The van der Waals surface area contributed by atoms with Crippen molar-refractivity contribution in [2.75, 3.05) is 6.54 Å². The number of nitrogens with one attached hydrogen (secondary N) is 1. The van der Waals surface area contributed by atoms with Gasteiger partial charge in [-0.3, -0.25) is 15.2 Å². The zero-order valence-electron chi connectivity index (χ0n) is 9.32. The fraction of sp³-hybridized carbons (Fsp3) is 0.400. The lowest BCUT2D eigenvalue weighted by Crippen LogP contribution is -2.48. The Hall–Kier alpha value is -1.14. The average molecular weight is 257 g/mol. The van der Waals surface area contributed by atoms with E-state index in [4.69, 9.17) is 18.0 Å². The van der Waals surface area contributed by atoms with Crippen LogP contribution in [0.15, 0.2) is 11.4 Å². The number of thiocarbonyl (C=S) groups is 1. The van der Waals surface area contributed by atoms with E-state index >= 15 is 0 Å². The molecule has 0 aliphatic heterocycles. The van der Waals surface area contributed by atoms with Crippen LogP contribution in [0.5, 0.6) is 0 Å². The highest BCUT2D eigenvalue weighted by atomic mass is 32.1. The third-order valence-electron chi connectivity index (χ3n) is 2.08. The molecule has 1 aromatic heterocycles. The van der Waals surface area contributed by atoms with Gasteiger partial charge in [-0.05, 0) is 31.6 Å². The molecule has 3 N–H and O–H groups in total. The molecule has 0 saturated carbocycles. The summed E-state index contributed by atoms with van der Waals surface area (Å²) in [6.45, 7) is 4.47. The van der Waals surface area contributed by atoms with Gasteiger partial charge < -0.3 is 5.73 Å². The first-order valence-electron chi connectivity index (χ1n) is 5.03. The minimum absolute atomic E-state index is 0.168. The van der Waals surface area contributed by atoms with E-state index in [1.807, 2.05) is 18.4 Å². The van der Waals surface area contributed by atoms with Gasteiger partial charge in [0, 0.05) is 16.8 Å².